The molecule has 0 aliphatic carbocycles. The molecule has 7 heteroatoms. The molecule has 1 aromatic heterocycles. The molecular formula is C6H5BrO4S2. The van der Waals surface area contributed by atoms with E-state index >= 15 is 0 Å². The predicted molar refractivity (Wildman–Crippen MR) is 51.8 cm³/mol. The summed E-state index contributed by atoms with van der Waals surface area (Å²) in [5, 5.41) is 1.51. The molecule has 0 aliphatic heterocycles. The third kappa shape index (κ3) is 2.29. The molecule has 0 unspecified atom stereocenters. The first-order valence-electron chi connectivity index (χ1n) is 3.07. The average Bonchev–Trinajstić information content (AvgIpc) is 2.49. The van der Waals surface area contributed by atoms with Gasteiger partial charge in [-0.3, -0.25) is 0 Å². The minimum Gasteiger partial charge on any atom is -0.465 e. The molecule has 72 valence electrons. The lowest BCUT2D eigenvalue weighted by Crippen LogP contribution is -2.03. The largest absolute Gasteiger partial charge is 0.465 e. The van der Waals surface area contributed by atoms with E-state index in [4.69, 9.17) is 0 Å². The van der Waals surface area contributed by atoms with Gasteiger partial charge >= 0.3 is 5.97 Å². The zero-order valence-corrected chi connectivity index (χ0v) is 9.70. The summed E-state index contributed by atoms with van der Waals surface area (Å²) in [5.41, 5.74) is 0. The van der Waals surface area contributed by atoms with Crippen molar-refractivity contribution in [3.8, 4) is 0 Å². The Morgan fingerprint density at radius 2 is 2.23 bits per heavy atom. The summed E-state index contributed by atoms with van der Waals surface area (Å²) in [4.78, 5) is 11.1. The quantitative estimate of drug-likeness (QED) is 0.612. The fourth-order valence-electron chi connectivity index (χ4n) is 0.731. The smallest absolute Gasteiger partial charge is 0.349 e. The Kier molecular flexibility index (Phi) is 3.09. The monoisotopic (exact) mass is 284 g/mol. The molecule has 1 heterocycles. The Labute approximate surface area is 86.6 Å². The SMILES string of the molecule is COC(=O)c1sccc1S(=O)(=O)Br. The van der Waals surface area contributed by atoms with Gasteiger partial charge in [-0.25, -0.2) is 13.2 Å². The van der Waals surface area contributed by atoms with Gasteiger partial charge in [-0.1, -0.05) is 0 Å². The second-order valence-corrected chi connectivity index (χ2v) is 6.83. The van der Waals surface area contributed by atoms with Crippen molar-refractivity contribution < 1.29 is 17.9 Å². The van der Waals surface area contributed by atoms with Gasteiger partial charge in [0.05, 0.1) is 21.9 Å². The van der Waals surface area contributed by atoms with Crippen molar-refractivity contribution in [1.29, 1.82) is 0 Å². The number of carbonyl (C=O) groups excluding carboxylic acids is 1. The highest BCUT2D eigenvalue weighted by Gasteiger charge is 2.21. The van der Waals surface area contributed by atoms with Crippen molar-refractivity contribution in [1.82, 2.24) is 0 Å². The van der Waals surface area contributed by atoms with Crippen LogP contribution >= 0.6 is 26.1 Å². The second kappa shape index (κ2) is 3.77. The predicted octanol–water partition coefficient (Wildman–Crippen LogP) is 1.62. The first-order chi connectivity index (χ1) is 5.96. The molecule has 0 atom stereocenters. The van der Waals surface area contributed by atoms with Gasteiger partial charge in [-0.15, -0.1) is 11.3 Å². The Bertz CT molecular complexity index is 420. The number of methoxy groups -OCH3 is 1. The molecule has 0 aliphatic rings. The van der Waals surface area contributed by atoms with Crippen LogP contribution in [0.4, 0.5) is 0 Å². The van der Waals surface area contributed by atoms with E-state index in [9.17, 15) is 13.2 Å². The molecule has 0 amide bonds. The fourth-order valence-corrected chi connectivity index (χ4v) is 3.66. The van der Waals surface area contributed by atoms with E-state index in [1.807, 2.05) is 0 Å². The highest BCUT2D eigenvalue weighted by molar-refractivity contribution is 9.47. The molecular weight excluding hydrogens is 280 g/mol. The maximum Gasteiger partial charge on any atom is 0.349 e. The van der Waals surface area contributed by atoms with Crippen molar-refractivity contribution in [2.45, 2.75) is 4.90 Å². The van der Waals surface area contributed by atoms with Crippen LogP contribution in [0.25, 0.3) is 0 Å². The molecule has 1 rings (SSSR count). The van der Waals surface area contributed by atoms with E-state index in [0.29, 0.717) is 0 Å². The fraction of sp³-hybridized carbons (Fsp3) is 0.167. The van der Waals surface area contributed by atoms with E-state index in [0.717, 1.165) is 11.3 Å². The van der Waals surface area contributed by atoms with Gasteiger partial charge in [0.2, 0.25) is 8.27 Å². The summed E-state index contributed by atoms with van der Waals surface area (Å²) in [7, 11) is -2.32. The van der Waals surface area contributed by atoms with Crippen molar-refractivity contribution in [3.05, 3.63) is 16.3 Å². The number of hydrogen-bond donors (Lipinski definition) is 0. The third-order valence-corrected chi connectivity index (χ3v) is 4.20. The van der Waals surface area contributed by atoms with Crippen LogP contribution in [0.2, 0.25) is 0 Å². The Morgan fingerprint density at radius 1 is 1.62 bits per heavy atom. The standard InChI is InChI=1S/C6H5BrO4S2/c1-11-6(8)5-4(2-3-12-5)13(7,9)10/h2-3H,1H3. The molecule has 0 bridgehead atoms. The summed E-state index contributed by atoms with van der Waals surface area (Å²) in [6.45, 7) is 0. The maximum absolute atomic E-state index is 11.1. The van der Waals surface area contributed by atoms with E-state index in [1.165, 1.54) is 18.6 Å². The molecule has 0 N–H and O–H groups in total. The lowest BCUT2D eigenvalue weighted by atomic mass is 10.5. The summed E-state index contributed by atoms with van der Waals surface area (Å²) < 4.78 is 26.5. The molecule has 0 saturated heterocycles. The van der Waals surface area contributed by atoms with Crippen LogP contribution in [0, 0.1) is 0 Å². The van der Waals surface area contributed by atoms with Crippen molar-refractivity contribution >= 4 is 40.4 Å². The summed E-state index contributed by atoms with van der Waals surface area (Å²) in [5.74, 6) is -0.645. The van der Waals surface area contributed by atoms with Crippen LogP contribution in [0.3, 0.4) is 0 Å². The van der Waals surface area contributed by atoms with E-state index in [2.05, 4.69) is 19.5 Å². The van der Waals surface area contributed by atoms with E-state index < -0.39 is 14.2 Å². The number of halogens is 1. The van der Waals surface area contributed by atoms with Crippen molar-refractivity contribution in [3.63, 3.8) is 0 Å². The first-order valence-corrected chi connectivity index (χ1v) is 7.28. The van der Waals surface area contributed by atoms with Crippen LogP contribution in [-0.4, -0.2) is 21.5 Å². The summed E-state index contributed by atoms with van der Waals surface area (Å²) in [6.07, 6.45) is 0. The van der Waals surface area contributed by atoms with Crippen molar-refractivity contribution in [2.75, 3.05) is 7.11 Å². The highest BCUT2D eigenvalue weighted by atomic mass is 79.9. The van der Waals surface area contributed by atoms with Crippen LogP contribution < -0.4 is 0 Å². The topological polar surface area (TPSA) is 60.4 Å². The van der Waals surface area contributed by atoms with Crippen LogP contribution in [0.1, 0.15) is 9.67 Å². The summed E-state index contributed by atoms with van der Waals surface area (Å²) in [6, 6.07) is 1.35. The van der Waals surface area contributed by atoms with E-state index in [1.54, 1.807) is 0 Å². The van der Waals surface area contributed by atoms with Gasteiger partial charge in [-0.05, 0) is 11.4 Å². The number of hydrogen-bond acceptors (Lipinski definition) is 5. The van der Waals surface area contributed by atoms with Crippen LogP contribution in [0.15, 0.2) is 16.3 Å². The zero-order valence-electron chi connectivity index (χ0n) is 6.48. The van der Waals surface area contributed by atoms with Gasteiger partial charge in [0.1, 0.15) is 9.77 Å². The molecule has 0 aromatic carbocycles. The van der Waals surface area contributed by atoms with Crippen LogP contribution in [-0.2, 0) is 13.0 Å². The minimum atomic E-state index is -3.52. The lowest BCUT2D eigenvalue weighted by Gasteiger charge is -1.97. The molecule has 13 heavy (non-hydrogen) atoms. The normalized spacial score (nSPS) is 11.2. The van der Waals surface area contributed by atoms with Gasteiger partial charge in [0.25, 0.3) is 0 Å². The molecule has 0 fully saturated rings. The highest BCUT2D eigenvalue weighted by Crippen LogP contribution is 2.26. The number of rotatable bonds is 2. The molecule has 4 nitrogen and oxygen atoms in total. The number of esters is 1. The van der Waals surface area contributed by atoms with Gasteiger partial charge in [-0.2, -0.15) is 0 Å². The van der Waals surface area contributed by atoms with Gasteiger partial charge in [0, 0.05) is 0 Å². The minimum absolute atomic E-state index is 0.0515. The van der Waals surface area contributed by atoms with Gasteiger partial charge in [0.15, 0.2) is 0 Å². The van der Waals surface area contributed by atoms with E-state index in [-0.39, 0.29) is 9.77 Å². The molecule has 0 radical (unpaired) electrons. The Balaban J connectivity index is 3.26. The third-order valence-electron chi connectivity index (χ3n) is 1.26. The van der Waals surface area contributed by atoms with Gasteiger partial charge < -0.3 is 4.74 Å². The first kappa shape index (κ1) is 10.7. The summed E-state index contributed by atoms with van der Waals surface area (Å²) >= 11 is 3.51. The molecule has 1 aromatic rings. The number of ether oxygens (including phenoxy) is 1. The zero-order chi connectivity index (χ0) is 10.1. The number of carbonyl (C=O) groups is 1. The Morgan fingerprint density at radius 3 is 2.69 bits per heavy atom. The number of thiophene rings is 1. The Hall–Kier alpha value is -0.400. The average molecular weight is 285 g/mol. The van der Waals surface area contributed by atoms with Crippen molar-refractivity contribution in [2.24, 2.45) is 0 Å². The lowest BCUT2D eigenvalue weighted by molar-refractivity contribution is 0.0602. The second-order valence-electron chi connectivity index (χ2n) is 2.04. The molecule has 0 saturated carbocycles. The molecule has 0 spiro atoms. The van der Waals surface area contributed by atoms with Crippen LogP contribution in [0.5, 0.6) is 0 Å². The maximum atomic E-state index is 11.1.